The Kier molecular flexibility index (Phi) is 7.96. The van der Waals surface area contributed by atoms with Crippen molar-refractivity contribution in [1.29, 1.82) is 0 Å². The zero-order chi connectivity index (χ0) is 18.8. The molecule has 0 unspecified atom stereocenters. The number of hydrogen-bond acceptors (Lipinski definition) is 4. The maximum Gasteiger partial charge on any atom is 0.251 e. The number of carbonyl (C=O) groups excluding carboxylic acids is 1. The maximum absolute atomic E-state index is 12.0. The lowest BCUT2D eigenvalue weighted by Crippen LogP contribution is -2.28. The minimum absolute atomic E-state index is 0.0182. The summed E-state index contributed by atoms with van der Waals surface area (Å²) in [5.41, 5.74) is 3.06. The second kappa shape index (κ2) is 10.5. The van der Waals surface area contributed by atoms with Crippen LogP contribution in [0.4, 0.5) is 0 Å². The van der Waals surface area contributed by atoms with Crippen LogP contribution in [0.3, 0.4) is 0 Å². The Labute approximate surface area is 155 Å². The van der Waals surface area contributed by atoms with Crippen LogP contribution in [0.15, 0.2) is 42.5 Å². The van der Waals surface area contributed by atoms with E-state index in [1.165, 1.54) is 5.56 Å². The van der Waals surface area contributed by atoms with Crippen LogP contribution < -0.4 is 20.1 Å². The third kappa shape index (κ3) is 6.08. The summed E-state index contributed by atoms with van der Waals surface area (Å²) < 4.78 is 10.6. The summed E-state index contributed by atoms with van der Waals surface area (Å²) >= 11 is 0. The number of benzene rings is 2. The molecule has 2 aromatic carbocycles. The molecule has 0 aliphatic carbocycles. The molecule has 0 fully saturated rings. The van der Waals surface area contributed by atoms with Crippen LogP contribution in [0.5, 0.6) is 11.5 Å². The van der Waals surface area contributed by atoms with Gasteiger partial charge >= 0.3 is 0 Å². The van der Waals surface area contributed by atoms with Crippen molar-refractivity contribution in [3.05, 3.63) is 59.2 Å². The summed E-state index contributed by atoms with van der Waals surface area (Å²) in [4.78, 5) is 12.0. The summed E-state index contributed by atoms with van der Waals surface area (Å²) in [7, 11) is 3.28. The monoisotopic (exact) mass is 356 g/mol. The minimum Gasteiger partial charge on any atom is -0.493 e. The summed E-state index contributed by atoms with van der Waals surface area (Å²) in [5, 5.41) is 6.34. The van der Waals surface area contributed by atoms with E-state index < -0.39 is 0 Å². The van der Waals surface area contributed by atoms with Gasteiger partial charge in [-0.15, -0.1) is 0 Å². The molecule has 2 N–H and O–H groups in total. The molecule has 0 heterocycles. The van der Waals surface area contributed by atoms with Crippen molar-refractivity contribution in [2.75, 3.05) is 33.9 Å². The maximum atomic E-state index is 12.0. The van der Waals surface area contributed by atoms with Crippen molar-refractivity contribution in [2.45, 2.75) is 19.8 Å². The van der Waals surface area contributed by atoms with Crippen LogP contribution >= 0.6 is 0 Å². The fraction of sp³-hybridized carbons (Fsp3) is 0.381. The molecular weight excluding hydrogens is 328 g/mol. The summed E-state index contributed by atoms with van der Waals surface area (Å²) in [5.74, 6) is 1.48. The highest BCUT2D eigenvalue weighted by atomic mass is 16.5. The lowest BCUT2D eigenvalue weighted by Gasteiger charge is -2.10. The van der Waals surface area contributed by atoms with Gasteiger partial charge in [0.2, 0.25) is 0 Å². The first-order valence-corrected chi connectivity index (χ1v) is 8.90. The van der Waals surface area contributed by atoms with Crippen LogP contribution in [0, 0.1) is 6.92 Å². The summed E-state index contributed by atoms with van der Waals surface area (Å²) in [6.07, 6.45) is 1.81. The summed E-state index contributed by atoms with van der Waals surface area (Å²) in [6, 6.07) is 13.6. The molecule has 0 aliphatic rings. The number of amides is 1. The fourth-order valence-electron chi connectivity index (χ4n) is 2.62. The molecule has 1 amide bonds. The second-order valence-corrected chi connectivity index (χ2v) is 6.16. The van der Waals surface area contributed by atoms with Gasteiger partial charge in [-0.25, -0.2) is 0 Å². The number of nitrogens with one attached hydrogen (secondary N) is 2. The number of hydrogen-bond donors (Lipinski definition) is 2. The van der Waals surface area contributed by atoms with Crippen molar-refractivity contribution in [3.8, 4) is 11.5 Å². The molecule has 5 heteroatoms. The van der Waals surface area contributed by atoms with Gasteiger partial charge in [-0.3, -0.25) is 4.79 Å². The molecule has 2 rings (SSSR count). The summed E-state index contributed by atoms with van der Waals surface area (Å²) in [6.45, 7) is 4.41. The van der Waals surface area contributed by atoms with E-state index >= 15 is 0 Å². The quantitative estimate of drug-likeness (QED) is 0.643. The molecule has 0 aromatic heterocycles. The topological polar surface area (TPSA) is 59.6 Å². The number of rotatable bonds is 10. The third-order valence-corrected chi connectivity index (χ3v) is 4.17. The molecule has 140 valence electrons. The van der Waals surface area contributed by atoms with Crippen molar-refractivity contribution < 1.29 is 14.3 Å². The van der Waals surface area contributed by atoms with Crippen LogP contribution in [0.25, 0.3) is 0 Å². The normalized spacial score (nSPS) is 10.4. The largest absolute Gasteiger partial charge is 0.493 e. The first-order valence-electron chi connectivity index (χ1n) is 8.90. The Morgan fingerprint density at radius 1 is 0.923 bits per heavy atom. The number of methoxy groups -OCH3 is 2. The van der Waals surface area contributed by atoms with Crippen LogP contribution in [-0.4, -0.2) is 39.8 Å². The highest BCUT2D eigenvalue weighted by Gasteiger charge is 2.05. The molecule has 0 spiro atoms. The standard InChI is InChI=1S/C21H28N2O3/c1-16-5-8-18(9-6-16)21(24)23-13-4-12-22-14-11-17-7-10-19(25-2)20(15-17)26-3/h5-10,15,22H,4,11-14H2,1-3H3,(H,23,24). The van der Waals surface area contributed by atoms with Gasteiger partial charge in [0.1, 0.15) is 0 Å². The van der Waals surface area contributed by atoms with Crippen molar-refractivity contribution in [2.24, 2.45) is 0 Å². The first-order chi connectivity index (χ1) is 12.6. The Morgan fingerprint density at radius 3 is 2.35 bits per heavy atom. The van der Waals surface area contributed by atoms with E-state index in [1.807, 2.05) is 49.4 Å². The number of aryl methyl sites for hydroxylation is 1. The van der Waals surface area contributed by atoms with E-state index in [1.54, 1.807) is 14.2 Å². The highest BCUT2D eigenvalue weighted by Crippen LogP contribution is 2.27. The molecule has 0 saturated carbocycles. The van der Waals surface area contributed by atoms with Gasteiger partial charge in [0.05, 0.1) is 14.2 Å². The third-order valence-electron chi connectivity index (χ3n) is 4.17. The van der Waals surface area contributed by atoms with Gasteiger partial charge in [-0.2, -0.15) is 0 Å². The predicted molar refractivity (Wildman–Crippen MR) is 104 cm³/mol. The molecular formula is C21H28N2O3. The van der Waals surface area contributed by atoms with Gasteiger partial charge in [0, 0.05) is 12.1 Å². The van der Waals surface area contributed by atoms with E-state index in [0.29, 0.717) is 12.1 Å². The van der Waals surface area contributed by atoms with Gasteiger partial charge in [0.25, 0.3) is 5.91 Å². The smallest absolute Gasteiger partial charge is 0.251 e. The van der Waals surface area contributed by atoms with E-state index in [4.69, 9.17) is 9.47 Å². The van der Waals surface area contributed by atoms with E-state index in [-0.39, 0.29) is 5.91 Å². The van der Waals surface area contributed by atoms with Crippen LogP contribution in [-0.2, 0) is 6.42 Å². The highest BCUT2D eigenvalue weighted by molar-refractivity contribution is 5.94. The van der Waals surface area contributed by atoms with Gasteiger partial charge in [0.15, 0.2) is 11.5 Å². The Bertz CT molecular complexity index is 699. The van der Waals surface area contributed by atoms with Crippen LogP contribution in [0.2, 0.25) is 0 Å². The molecule has 2 aromatic rings. The Balaban J connectivity index is 1.61. The van der Waals surface area contributed by atoms with Crippen molar-refractivity contribution >= 4 is 5.91 Å². The zero-order valence-electron chi connectivity index (χ0n) is 15.8. The van der Waals surface area contributed by atoms with E-state index in [0.717, 1.165) is 43.0 Å². The number of ether oxygens (including phenoxy) is 2. The Morgan fingerprint density at radius 2 is 1.65 bits per heavy atom. The van der Waals surface area contributed by atoms with Crippen molar-refractivity contribution in [3.63, 3.8) is 0 Å². The van der Waals surface area contributed by atoms with E-state index in [9.17, 15) is 4.79 Å². The fourth-order valence-corrected chi connectivity index (χ4v) is 2.62. The molecule has 0 aliphatic heterocycles. The molecule has 0 saturated heterocycles. The van der Waals surface area contributed by atoms with Gasteiger partial charge in [-0.1, -0.05) is 23.8 Å². The minimum atomic E-state index is -0.0182. The predicted octanol–water partition coefficient (Wildman–Crippen LogP) is 2.96. The Hall–Kier alpha value is -2.53. The lowest BCUT2D eigenvalue weighted by atomic mass is 10.1. The second-order valence-electron chi connectivity index (χ2n) is 6.16. The SMILES string of the molecule is COc1ccc(CCNCCCNC(=O)c2ccc(C)cc2)cc1OC. The van der Waals surface area contributed by atoms with Crippen LogP contribution in [0.1, 0.15) is 27.9 Å². The van der Waals surface area contributed by atoms with Gasteiger partial charge in [-0.05, 0) is 62.7 Å². The molecule has 0 atom stereocenters. The average Bonchev–Trinajstić information content (AvgIpc) is 2.67. The first kappa shape index (κ1) is 19.8. The molecule has 0 bridgehead atoms. The average molecular weight is 356 g/mol. The van der Waals surface area contributed by atoms with Gasteiger partial charge < -0.3 is 20.1 Å². The number of carbonyl (C=O) groups is 1. The lowest BCUT2D eigenvalue weighted by molar-refractivity contribution is 0.0953. The molecule has 0 radical (unpaired) electrons. The van der Waals surface area contributed by atoms with E-state index in [2.05, 4.69) is 10.6 Å². The molecule has 5 nitrogen and oxygen atoms in total. The molecule has 26 heavy (non-hydrogen) atoms. The zero-order valence-corrected chi connectivity index (χ0v) is 15.8. The van der Waals surface area contributed by atoms with Crippen molar-refractivity contribution in [1.82, 2.24) is 10.6 Å².